The molecular formula is C8H20N2O. The zero-order chi connectivity index (χ0) is 9.11. The van der Waals surface area contributed by atoms with Crippen molar-refractivity contribution >= 4 is 0 Å². The van der Waals surface area contributed by atoms with Crippen molar-refractivity contribution in [1.29, 1.82) is 0 Å². The maximum atomic E-state index is 4.87. The zero-order valence-corrected chi connectivity index (χ0v) is 8.05. The Bertz CT molecular complexity index is 74.5. The van der Waals surface area contributed by atoms with Crippen LogP contribution in [0.4, 0.5) is 0 Å². The van der Waals surface area contributed by atoms with E-state index in [2.05, 4.69) is 16.8 Å². The molecule has 0 amide bonds. The molecule has 0 saturated heterocycles. The highest BCUT2D eigenvalue weighted by Gasteiger charge is 1.84. The van der Waals surface area contributed by atoms with Gasteiger partial charge >= 0.3 is 0 Å². The minimum absolute atomic E-state index is 0.733. The molecule has 0 saturated carbocycles. The Labute approximate surface area is 70.0 Å². The summed E-state index contributed by atoms with van der Waals surface area (Å²) in [5.41, 5.74) is 0. The summed E-state index contributed by atoms with van der Waals surface area (Å²) in [6, 6.07) is 0. The van der Waals surface area contributed by atoms with Gasteiger partial charge in [0.25, 0.3) is 0 Å². The van der Waals surface area contributed by atoms with Crippen LogP contribution in [0.25, 0.3) is 0 Å². The maximum Gasteiger partial charge on any atom is 0.0999 e. The number of nitrogens with one attached hydrogen (secondary N) is 1. The van der Waals surface area contributed by atoms with Gasteiger partial charge in [0.15, 0.2) is 0 Å². The molecule has 0 spiro atoms. The second-order valence-corrected chi connectivity index (χ2v) is 2.34. The van der Waals surface area contributed by atoms with Crippen molar-refractivity contribution in [1.82, 2.24) is 10.2 Å². The van der Waals surface area contributed by atoms with Crippen molar-refractivity contribution in [2.45, 2.75) is 0 Å². The maximum absolute atomic E-state index is 4.87. The van der Waals surface area contributed by atoms with Gasteiger partial charge in [-0.2, -0.15) is 0 Å². The Morgan fingerprint density at radius 1 is 1.45 bits per heavy atom. The summed E-state index contributed by atoms with van der Waals surface area (Å²) in [6.45, 7) is 5.10. The smallest absolute Gasteiger partial charge is 0.0999 e. The fourth-order valence-corrected chi connectivity index (χ4v) is 0.319. The van der Waals surface area contributed by atoms with Gasteiger partial charge in [0, 0.05) is 6.54 Å². The Morgan fingerprint density at radius 2 is 1.91 bits per heavy atom. The van der Waals surface area contributed by atoms with E-state index < -0.39 is 0 Å². The van der Waals surface area contributed by atoms with Crippen LogP contribution in [0.2, 0.25) is 0 Å². The van der Waals surface area contributed by atoms with Crippen LogP contribution >= 0.6 is 0 Å². The summed E-state index contributed by atoms with van der Waals surface area (Å²) in [5, 5.41) is 2.75. The van der Waals surface area contributed by atoms with Crippen molar-refractivity contribution in [3.63, 3.8) is 0 Å². The number of nitrogens with zero attached hydrogens (tertiary/aromatic N) is 1. The van der Waals surface area contributed by atoms with E-state index in [1.165, 1.54) is 6.26 Å². The zero-order valence-electron chi connectivity index (χ0n) is 8.05. The predicted molar refractivity (Wildman–Crippen MR) is 49.7 cm³/mol. The summed E-state index contributed by atoms with van der Waals surface area (Å²) < 4.78 is 4.87. The number of hydrogen-bond donors (Lipinski definition) is 1. The monoisotopic (exact) mass is 160 g/mol. The standard InChI is InChI=1S/C6H13NO.C2H7N/c1-4-8-6-5-7(2)3;1-3-2/h4H,1,5-6H2,2-3H3;3H,1-2H3. The second kappa shape index (κ2) is 12.2. The molecule has 0 radical (unpaired) electrons. The Morgan fingerprint density at radius 3 is 2.18 bits per heavy atom. The third-order valence-corrected chi connectivity index (χ3v) is 0.774. The van der Waals surface area contributed by atoms with Gasteiger partial charge in [0.1, 0.15) is 0 Å². The number of likely N-dealkylation sites (N-methyl/N-ethyl adjacent to an activating group) is 1. The fraction of sp³-hybridized carbons (Fsp3) is 0.750. The number of rotatable bonds is 4. The van der Waals surface area contributed by atoms with E-state index in [0.29, 0.717) is 0 Å². The largest absolute Gasteiger partial charge is 0.500 e. The topological polar surface area (TPSA) is 24.5 Å². The lowest BCUT2D eigenvalue weighted by Crippen LogP contribution is -2.16. The van der Waals surface area contributed by atoms with Crippen LogP contribution in [-0.2, 0) is 4.74 Å². The van der Waals surface area contributed by atoms with Gasteiger partial charge in [0.05, 0.1) is 12.9 Å². The van der Waals surface area contributed by atoms with Crippen LogP contribution < -0.4 is 5.32 Å². The van der Waals surface area contributed by atoms with E-state index >= 15 is 0 Å². The van der Waals surface area contributed by atoms with Crippen LogP contribution in [0.3, 0.4) is 0 Å². The normalized spacial score (nSPS) is 8.45. The third-order valence-electron chi connectivity index (χ3n) is 0.774. The molecular weight excluding hydrogens is 140 g/mol. The molecule has 68 valence electrons. The van der Waals surface area contributed by atoms with Crippen LogP contribution in [0, 0.1) is 0 Å². The van der Waals surface area contributed by atoms with Crippen molar-refractivity contribution < 1.29 is 4.74 Å². The van der Waals surface area contributed by atoms with E-state index in [4.69, 9.17) is 4.74 Å². The van der Waals surface area contributed by atoms with Crippen molar-refractivity contribution in [2.24, 2.45) is 0 Å². The van der Waals surface area contributed by atoms with E-state index in [-0.39, 0.29) is 0 Å². The number of ether oxygens (including phenoxy) is 1. The summed E-state index contributed by atoms with van der Waals surface area (Å²) in [4.78, 5) is 2.06. The van der Waals surface area contributed by atoms with Gasteiger partial charge in [-0.25, -0.2) is 0 Å². The van der Waals surface area contributed by atoms with Crippen LogP contribution in [0.1, 0.15) is 0 Å². The summed E-state index contributed by atoms with van der Waals surface area (Å²) in [6.07, 6.45) is 1.46. The molecule has 0 aliphatic heterocycles. The highest BCUT2D eigenvalue weighted by atomic mass is 16.5. The minimum atomic E-state index is 0.733. The van der Waals surface area contributed by atoms with Crippen LogP contribution in [0.15, 0.2) is 12.8 Å². The molecule has 0 aromatic heterocycles. The van der Waals surface area contributed by atoms with Crippen LogP contribution in [-0.4, -0.2) is 46.2 Å². The van der Waals surface area contributed by atoms with Crippen molar-refractivity contribution in [3.8, 4) is 0 Å². The molecule has 0 fully saturated rings. The lowest BCUT2D eigenvalue weighted by atomic mass is 10.6. The van der Waals surface area contributed by atoms with Gasteiger partial charge in [-0.05, 0) is 28.2 Å². The minimum Gasteiger partial charge on any atom is -0.500 e. The fourth-order valence-electron chi connectivity index (χ4n) is 0.319. The highest BCUT2D eigenvalue weighted by molar-refractivity contribution is 4.49. The quantitative estimate of drug-likeness (QED) is 0.480. The number of hydrogen-bond acceptors (Lipinski definition) is 3. The van der Waals surface area contributed by atoms with Crippen molar-refractivity contribution in [2.75, 3.05) is 41.3 Å². The average molecular weight is 160 g/mol. The molecule has 0 aliphatic rings. The first-order valence-corrected chi connectivity index (χ1v) is 3.64. The molecule has 0 aromatic rings. The Balaban J connectivity index is 0. The summed E-state index contributed by atoms with van der Waals surface area (Å²) in [7, 11) is 7.76. The first-order chi connectivity index (χ1) is 5.18. The third kappa shape index (κ3) is 26.5. The molecule has 0 rings (SSSR count). The SMILES string of the molecule is C=COCCN(C)C.CNC. The lowest BCUT2D eigenvalue weighted by molar-refractivity contribution is 0.213. The van der Waals surface area contributed by atoms with Gasteiger partial charge < -0.3 is 15.0 Å². The van der Waals surface area contributed by atoms with Gasteiger partial charge in [0.2, 0.25) is 0 Å². The lowest BCUT2D eigenvalue weighted by Gasteiger charge is -2.07. The molecule has 0 atom stereocenters. The van der Waals surface area contributed by atoms with Gasteiger partial charge in [-0.3, -0.25) is 0 Å². The van der Waals surface area contributed by atoms with E-state index in [9.17, 15) is 0 Å². The van der Waals surface area contributed by atoms with Gasteiger partial charge in [-0.15, -0.1) is 0 Å². The molecule has 1 N–H and O–H groups in total. The molecule has 0 heterocycles. The highest BCUT2D eigenvalue weighted by Crippen LogP contribution is 1.76. The van der Waals surface area contributed by atoms with E-state index in [0.717, 1.165) is 13.2 Å². The molecule has 0 aliphatic carbocycles. The first-order valence-electron chi connectivity index (χ1n) is 3.64. The summed E-state index contributed by atoms with van der Waals surface area (Å²) >= 11 is 0. The van der Waals surface area contributed by atoms with E-state index in [1.54, 1.807) is 0 Å². The molecule has 3 heteroatoms. The average Bonchev–Trinajstić information content (AvgIpc) is 1.89. The second-order valence-electron chi connectivity index (χ2n) is 2.34. The molecule has 0 bridgehead atoms. The first kappa shape index (κ1) is 13.1. The molecule has 0 aromatic carbocycles. The molecule has 0 unspecified atom stereocenters. The molecule has 3 nitrogen and oxygen atoms in total. The Kier molecular flexibility index (Phi) is 14.5. The van der Waals surface area contributed by atoms with Gasteiger partial charge in [-0.1, -0.05) is 6.58 Å². The molecule has 11 heavy (non-hydrogen) atoms. The predicted octanol–water partition coefficient (Wildman–Crippen LogP) is 0.544. The summed E-state index contributed by atoms with van der Waals surface area (Å²) in [5.74, 6) is 0. The van der Waals surface area contributed by atoms with Crippen molar-refractivity contribution in [3.05, 3.63) is 12.8 Å². The Hall–Kier alpha value is -0.540. The van der Waals surface area contributed by atoms with Crippen LogP contribution in [0.5, 0.6) is 0 Å². The van der Waals surface area contributed by atoms with E-state index in [1.807, 2.05) is 28.2 Å².